The number of nitrogens with one attached hydrogen (secondary N) is 1. The van der Waals surface area contributed by atoms with Crippen molar-refractivity contribution in [1.82, 2.24) is 4.98 Å². The van der Waals surface area contributed by atoms with Gasteiger partial charge in [0.25, 0.3) is 0 Å². The molecule has 1 aliphatic rings. The lowest BCUT2D eigenvalue weighted by Gasteiger charge is -2.19. The molecule has 3 heterocycles. The molecule has 1 aromatic carbocycles. The van der Waals surface area contributed by atoms with Crippen LogP contribution in [0.4, 0.5) is 14.5 Å². The summed E-state index contributed by atoms with van der Waals surface area (Å²) in [6, 6.07) is 7.01. The molecule has 0 amide bonds. The first-order valence-electron chi connectivity index (χ1n) is 7.28. The fraction of sp³-hybridized carbons (Fsp3) is 0.0588. The molecule has 0 atom stereocenters. The SMILES string of the molecule is N=C1C(c2nc(-c3cccs3)cs2)=C(O)CN1c1ccc(F)cc1F. The molecular formula is C17H11F2N3OS2. The number of hydrogen-bond donors (Lipinski definition) is 2. The first-order valence-corrected chi connectivity index (χ1v) is 9.04. The molecule has 0 saturated heterocycles. The van der Waals surface area contributed by atoms with Gasteiger partial charge in [0, 0.05) is 11.4 Å². The van der Waals surface area contributed by atoms with Crippen LogP contribution in [0.2, 0.25) is 0 Å². The van der Waals surface area contributed by atoms with Gasteiger partial charge in [-0.15, -0.1) is 22.7 Å². The van der Waals surface area contributed by atoms with Crippen LogP contribution in [-0.4, -0.2) is 22.5 Å². The van der Waals surface area contributed by atoms with Gasteiger partial charge >= 0.3 is 0 Å². The van der Waals surface area contributed by atoms with Gasteiger partial charge in [0.05, 0.1) is 28.4 Å². The maximum Gasteiger partial charge on any atom is 0.149 e. The van der Waals surface area contributed by atoms with Crippen molar-refractivity contribution in [3.8, 4) is 10.6 Å². The van der Waals surface area contributed by atoms with Crippen molar-refractivity contribution in [3.05, 3.63) is 63.5 Å². The van der Waals surface area contributed by atoms with Crippen molar-refractivity contribution in [2.45, 2.75) is 0 Å². The van der Waals surface area contributed by atoms with Gasteiger partial charge in [-0.3, -0.25) is 5.41 Å². The standard InChI is InChI=1S/C17H11F2N3OS2/c18-9-3-4-12(10(19)6-9)22-7-13(23)15(16(22)20)17-21-11(8-25-17)14-2-1-5-24-14/h1-6,8,20,23H,7H2. The number of hydrogen-bond acceptors (Lipinski definition) is 5. The molecule has 4 nitrogen and oxygen atoms in total. The topological polar surface area (TPSA) is 60.2 Å². The zero-order valence-electron chi connectivity index (χ0n) is 12.7. The minimum absolute atomic E-state index is 0.0444. The van der Waals surface area contributed by atoms with E-state index in [-0.39, 0.29) is 29.4 Å². The van der Waals surface area contributed by atoms with Crippen LogP contribution in [0.3, 0.4) is 0 Å². The Labute approximate surface area is 149 Å². The second-order valence-electron chi connectivity index (χ2n) is 5.37. The average molecular weight is 375 g/mol. The van der Waals surface area contributed by atoms with Crippen LogP contribution in [-0.2, 0) is 0 Å². The van der Waals surface area contributed by atoms with E-state index in [9.17, 15) is 13.9 Å². The second-order valence-corrected chi connectivity index (χ2v) is 7.17. The first kappa shape index (κ1) is 15.9. The molecule has 8 heteroatoms. The largest absolute Gasteiger partial charge is 0.510 e. The first-order chi connectivity index (χ1) is 12.0. The molecule has 2 N–H and O–H groups in total. The number of amidine groups is 1. The predicted octanol–water partition coefficient (Wildman–Crippen LogP) is 4.92. The summed E-state index contributed by atoms with van der Waals surface area (Å²) in [5, 5.41) is 22.9. The normalized spacial score (nSPS) is 14.6. The molecule has 4 rings (SSSR count). The zero-order chi connectivity index (χ0) is 17.6. The molecule has 0 spiro atoms. The summed E-state index contributed by atoms with van der Waals surface area (Å²) in [7, 11) is 0. The Morgan fingerprint density at radius 2 is 2.04 bits per heavy atom. The Morgan fingerprint density at radius 3 is 2.76 bits per heavy atom. The maximum absolute atomic E-state index is 14.0. The minimum Gasteiger partial charge on any atom is -0.510 e. The van der Waals surface area contributed by atoms with Gasteiger partial charge in [0.15, 0.2) is 0 Å². The van der Waals surface area contributed by atoms with Gasteiger partial charge in [-0.05, 0) is 23.6 Å². The van der Waals surface area contributed by atoms with Gasteiger partial charge in [0.1, 0.15) is 28.2 Å². The number of aliphatic hydroxyl groups excluding tert-OH is 1. The monoisotopic (exact) mass is 375 g/mol. The van der Waals surface area contributed by atoms with E-state index in [0.29, 0.717) is 5.01 Å². The highest BCUT2D eigenvalue weighted by Gasteiger charge is 2.32. The van der Waals surface area contributed by atoms with Crippen LogP contribution in [0.25, 0.3) is 16.1 Å². The van der Waals surface area contributed by atoms with E-state index in [2.05, 4.69) is 4.98 Å². The van der Waals surface area contributed by atoms with Crippen molar-refractivity contribution in [2.24, 2.45) is 0 Å². The van der Waals surface area contributed by atoms with Gasteiger partial charge in [-0.25, -0.2) is 13.8 Å². The third kappa shape index (κ3) is 2.73. The molecule has 25 heavy (non-hydrogen) atoms. The van der Waals surface area contributed by atoms with E-state index in [1.807, 2.05) is 22.9 Å². The van der Waals surface area contributed by atoms with E-state index >= 15 is 0 Å². The predicted molar refractivity (Wildman–Crippen MR) is 96.4 cm³/mol. The molecule has 0 bridgehead atoms. The number of thiophene rings is 1. The summed E-state index contributed by atoms with van der Waals surface area (Å²) in [6.45, 7) is -0.0510. The fourth-order valence-corrected chi connectivity index (χ4v) is 4.28. The van der Waals surface area contributed by atoms with Crippen molar-refractivity contribution in [3.63, 3.8) is 0 Å². The van der Waals surface area contributed by atoms with Gasteiger partial charge in [-0.1, -0.05) is 6.07 Å². The molecule has 126 valence electrons. The summed E-state index contributed by atoms with van der Waals surface area (Å²) in [5.41, 5.74) is 1.09. The number of benzene rings is 1. The molecule has 0 radical (unpaired) electrons. The molecule has 0 unspecified atom stereocenters. The summed E-state index contributed by atoms with van der Waals surface area (Å²) in [6.07, 6.45) is 0. The summed E-state index contributed by atoms with van der Waals surface area (Å²) in [4.78, 5) is 6.78. The molecule has 0 saturated carbocycles. The third-order valence-electron chi connectivity index (χ3n) is 3.80. The van der Waals surface area contributed by atoms with Crippen LogP contribution in [0.15, 0.2) is 46.9 Å². The van der Waals surface area contributed by atoms with Crippen LogP contribution >= 0.6 is 22.7 Å². The molecular weight excluding hydrogens is 364 g/mol. The number of anilines is 1. The zero-order valence-corrected chi connectivity index (χ0v) is 14.3. The summed E-state index contributed by atoms with van der Waals surface area (Å²) in [5.74, 6) is -1.59. The third-order valence-corrected chi connectivity index (χ3v) is 5.55. The summed E-state index contributed by atoms with van der Waals surface area (Å²) < 4.78 is 27.1. The lowest BCUT2D eigenvalue weighted by molar-refractivity contribution is 0.411. The van der Waals surface area contributed by atoms with E-state index in [1.165, 1.54) is 22.3 Å². The van der Waals surface area contributed by atoms with Crippen LogP contribution in [0, 0.1) is 17.0 Å². The fourth-order valence-electron chi connectivity index (χ4n) is 2.64. The lowest BCUT2D eigenvalue weighted by Crippen LogP contribution is -2.27. The summed E-state index contributed by atoms with van der Waals surface area (Å²) >= 11 is 2.86. The average Bonchev–Trinajstić information content (AvgIpc) is 3.28. The number of aromatic nitrogens is 1. The smallest absolute Gasteiger partial charge is 0.149 e. The van der Waals surface area contributed by atoms with Crippen molar-refractivity contribution >= 4 is 39.8 Å². The number of rotatable bonds is 3. The number of nitrogens with zero attached hydrogens (tertiary/aromatic N) is 2. The van der Waals surface area contributed by atoms with Crippen molar-refractivity contribution < 1.29 is 13.9 Å². The number of thiazole rings is 1. The molecule has 2 aromatic heterocycles. The van der Waals surface area contributed by atoms with Crippen LogP contribution < -0.4 is 4.90 Å². The molecule has 3 aromatic rings. The van der Waals surface area contributed by atoms with E-state index < -0.39 is 11.6 Å². The van der Waals surface area contributed by atoms with Gasteiger partial charge < -0.3 is 10.0 Å². The Hall–Kier alpha value is -2.58. The highest BCUT2D eigenvalue weighted by molar-refractivity contribution is 7.14. The Balaban J connectivity index is 1.67. The maximum atomic E-state index is 14.0. The second kappa shape index (κ2) is 6.05. The number of aliphatic hydroxyl groups is 1. The molecule has 0 fully saturated rings. The Bertz CT molecular complexity index is 995. The van der Waals surface area contributed by atoms with Crippen LogP contribution in [0.5, 0.6) is 0 Å². The van der Waals surface area contributed by atoms with Crippen molar-refractivity contribution in [1.29, 1.82) is 5.41 Å². The van der Waals surface area contributed by atoms with Crippen molar-refractivity contribution in [2.75, 3.05) is 11.4 Å². The van der Waals surface area contributed by atoms with E-state index in [0.717, 1.165) is 22.7 Å². The highest BCUT2D eigenvalue weighted by Crippen LogP contribution is 2.36. The molecule has 1 aliphatic heterocycles. The van der Waals surface area contributed by atoms with Crippen LogP contribution in [0.1, 0.15) is 5.01 Å². The quantitative estimate of drug-likeness (QED) is 0.683. The molecule has 0 aliphatic carbocycles. The Kier molecular flexibility index (Phi) is 3.85. The Morgan fingerprint density at radius 1 is 1.20 bits per heavy atom. The number of halogens is 2. The lowest BCUT2D eigenvalue weighted by atomic mass is 10.2. The van der Waals surface area contributed by atoms with Gasteiger partial charge in [-0.2, -0.15) is 0 Å². The highest BCUT2D eigenvalue weighted by atomic mass is 32.1. The minimum atomic E-state index is -0.780. The van der Waals surface area contributed by atoms with E-state index in [4.69, 9.17) is 5.41 Å². The van der Waals surface area contributed by atoms with Gasteiger partial charge in [0.2, 0.25) is 0 Å². The van der Waals surface area contributed by atoms with E-state index in [1.54, 1.807) is 11.3 Å².